The topological polar surface area (TPSA) is 38.3 Å². The summed E-state index contributed by atoms with van der Waals surface area (Å²) >= 11 is 1.64. The van der Waals surface area contributed by atoms with Gasteiger partial charge in [-0.1, -0.05) is 12.1 Å². The van der Waals surface area contributed by atoms with Crippen LogP contribution in [0.2, 0.25) is 0 Å². The molecule has 2 rings (SSSR count). The van der Waals surface area contributed by atoms with Crippen molar-refractivity contribution in [3.63, 3.8) is 0 Å². The smallest absolute Gasteiger partial charge is 0.262 e. The maximum Gasteiger partial charge on any atom is 0.262 e. The van der Waals surface area contributed by atoms with Crippen molar-refractivity contribution in [2.45, 2.75) is 25.7 Å². The van der Waals surface area contributed by atoms with Crippen LogP contribution in [0.5, 0.6) is 5.75 Å². The molecule has 4 heteroatoms. The van der Waals surface area contributed by atoms with Gasteiger partial charge in [0.05, 0.1) is 0 Å². The van der Waals surface area contributed by atoms with Crippen molar-refractivity contribution in [2.75, 3.05) is 18.2 Å². The lowest BCUT2D eigenvalue weighted by atomic mass is 10.1. The summed E-state index contributed by atoms with van der Waals surface area (Å²) in [7, 11) is 0. The molecule has 0 aromatic heterocycles. The van der Waals surface area contributed by atoms with Gasteiger partial charge < -0.3 is 10.1 Å². The van der Waals surface area contributed by atoms with E-state index in [0.29, 0.717) is 0 Å². The molecule has 1 amide bonds. The van der Waals surface area contributed by atoms with Gasteiger partial charge >= 0.3 is 0 Å². The summed E-state index contributed by atoms with van der Waals surface area (Å²) in [6.45, 7) is 6.08. The third-order valence-electron chi connectivity index (χ3n) is 3.48. The van der Waals surface area contributed by atoms with Crippen molar-refractivity contribution >= 4 is 23.4 Å². The fourth-order valence-corrected chi connectivity index (χ4v) is 2.65. The van der Waals surface area contributed by atoms with Crippen molar-refractivity contribution in [2.24, 2.45) is 0 Å². The highest BCUT2D eigenvalue weighted by Crippen LogP contribution is 2.23. The standard InChI is InChI=1S/C18H21NO2S/c1-12-8-13(2)14(3)17(9-12)21-11-18(20)19-15-6-5-7-16(10-15)22-4/h5-10H,11H2,1-4H3,(H,19,20). The summed E-state index contributed by atoms with van der Waals surface area (Å²) in [6.07, 6.45) is 2.01. The Kier molecular flexibility index (Phi) is 5.50. The Bertz CT molecular complexity index is 683. The fraction of sp³-hybridized carbons (Fsp3) is 0.278. The molecule has 0 aliphatic carbocycles. The number of ether oxygens (including phenoxy) is 1. The van der Waals surface area contributed by atoms with Gasteiger partial charge in [-0.15, -0.1) is 11.8 Å². The van der Waals surface area contributed by atoms with E-state index in [1.165, 1.54) is 5.56 Å². The second-order valence-electron chi connectivity index (χ2n) is 5.27. The van der Waals surface area contributed by atoms with Gasteiger partial charge in [-0.25, -0.2) is 0 Å². The molecule has 0 aliphatic rings. The Morgan fingerprint density at radius 3 is 2.68 bits per heavy atom. The summed E-state index contributed by atoms with van der Waals surface area (Å²) in [6, 6.07) is 11.8. The second-order valence-corrected chi connectivity index (χ2v) is 6.15. The quantitative estimate of drug-likeness (QED) is 0.834. The van der Waals surface area contributed by atoms with Crippen LogP contribution >= 0.6 is 11.8 Å². The van der Waals surface area contributed by atoms with E-state index < -0.39 is 0 Å². The van der Waals surface area contributed by atoms with Crippen molar-refractivity contribution in [1.29, 1.82) is 0 Å². The van der Waals surface area contributed by atoms with Crippen LogP contribution in [0.1, 0.15) is 16.7 Å². The number of carbonyl (C=O) groups excluding carboxylic acids is 1. The van der Waals surface area contributed by atoms with Crippen LogP contribution in [-0.2, 0) is 4.79 Å². The number of amides is 1. The third-order valence-corrected chi connectivity index (χ3v) is 4.20. The largest absolute Gasteiger partial charge is 0.483 e. The van der Waals surface area contributed by atoms with Crippen LogP contribution in [0.15, 0.2) is 41.3 Å². The normalized spacial score (nSPS) is 10.4. The van der Waals surface area contributed by atoms with E-state index in [-0.39, 0.29) is 12.5 Å². The van der Waals surface area contributed by atoms with Crippen LogP contribution in [0.25, 0.3) is 0 Å². The van der Waals surface area contributed by atoms with E-state index in [4.69, 9.17) is 4.74 Å². The first-order valence-electron chi connectivity index (χ1n) is 7.14. The maximum atomic E-state index is 12.0. The molecule has 1 N–H and O–H groups in total. The van der Waals surface area contributed by atoms with Crippen LogP contribution in [-0.4, -0.2) is 18.8 Å². The van der Waals surface area contributed by atoms with Gasteiger partial charge in [-0.2, -0.15) is 0 Å². The number of hydrogen-bond acceptors (Lipinski definition) is 3. The first kappa shape index (κ1) is 16.4. The van der Waals surface area contributed by atoms with Gasteiger partial charge in [0.2, 0.25) is 0 Å². The first-order valence-corrected chi connectivity index (χ1v) is 8.36. The summed E-state index contributed by atoms with van der Waals surface area (Å²) in [4.78, 5) is 13.1. The Hall–Kier alpha value is -1.94. The van der Waals surface area contributed by atoms with Gasteiger partial charge in [0.15, 0.2) is 6.61 Å². The van der Waals surface area contributed by atoms with Crippen LogP contribution in [0.3, 0.4) is 0 Å². The van der Waals surface area contributed by atoms with Crippen LogP contribution < -0.4 is 10.1 Å². The number of benzene rings is 2. The molecule has 0 atom stereocenters. The summed E-state index contributed by atoms with van der Waals surface area (Å²) < 4.78 is 5.67. The third kappa shape index (κ3) is 4.28. The van der Waals surface area contributed by atoms with E-state index in [1.54, 1.807) is 11.8 Å². The molecule has 0 spiro atoms. The molecule has 0 aliphatic heterocycles. The Balaban J connectivity index is 1.98. The van der Waals surface area contributed by atoms with Gasteiger partial charge in [-0.05, 0) is 68.0 Å². The minimum Gasteiger partial charge on any atom is -0.483 e. The molecule has 3 nitrogen and oxygen atoms in total. The second kappa shape index (κ2) is 7.36. The predicted octanol–water partition coefficient (Wildman–Crippen LogP) is 4.35. The molecule has 0 radical (unpaired) electrons. The Morgan fingerprint density at radius 2 is 1.95 bits per heavy atom. The number of aryl methyl sites for hydroxylation is 2. The molecule has 0 bridgehead atoms. The predicted molar refractivity (Wildman–Crippen MR) is 93.0 cm³/mol. The molecule has 0 unspecified atom stereocenters. The number of rotatable bonds is 5. The van der Waals surface area contributed by atoms with Crippen molar-refractivity contribution in [3.05, 3.63) is 53.1 Å². The average molecular weight is 315 g/mol. The molecule has 2 aromatic carbocycles. The van der Waals surface area contributed by atoms with Gasteiger partial charge in [0.1, 0.15) is 5.75 Å². The monoisotopic (exact) mass is 315 g/mol. The zero-order valence-electron chi connectivity index (χ0n) is 13.4. The SMILES string of the molecule is CSc1cccc(NC(=O)COc2cc(C)cc(C)c2C)c1. The first-order chi connectivity index (χ1) is 10.5. The molecular weight excluding hydrogens is 294 g/mol. The molecule has 0 saturated carbocycles. The molecule has 116 valence electrons. The molecule has 0 saturated heterocycles. The highest BCUT2D eigenvalue weighted by atomic mass is 32.2. The number of carbonyl (C=O) groups is 1. The summed E-state index contributed by atoms with van der Waals surface area (Å²) in [5.74, 6) is 0.613. The molecule has 0 fully saturated rings. The Morgan fingerprint density at radius 1 is 1.18 bits per heavy atom. The van der Waals surface area contributed by atoms with E-state index in [1.807, 2.05) is 57.4 Å². The molecule has 2 aromatic rings. The summed E-state index contributed by atoms with van der Waals surface area (Å²) in [5.41, 5.74) is 4.16. The maximum absolute atomic E-state index is 12.0. The Labute approximate surface area is 136 Å². The van der Waals surface area contributed by atoms with Crippen molar-refractivity contribution in [3.8, 4) is 5.75 Å². The van der Waals surface area contributed by atoms with Crippen molar-refractivity contribution < 1.29 is 9.53 Å². The van der Waals surface area contributed by atoms with E-state index >= 15 is 0 Å². The highest BCUT2D eigenvalue weighted by molar-refractivity contribution is 7.98. The molecular formula is C18H21NO2S. The zero-order valence-corrected chi connectivity index (χ0v) is 14.2. The number of thioether (sulfide) groups is 1. The zero-order chi connectivity index (χ0) is 16.1. The number of anilines is 1. The van der Waals surface area contributed by atoms with Crippen molar-refractivity contribution in [1.82, 2.24) is 0 Å². The molecule has 22 heavy (non-hydrogen) atoms. The fourth-order valence-electron chi connectivity index (χ4n) is 2.19. The van der Waals surface area contributed by atoms with E-state index in [0.717, 1.165) is 27.5 Å². The van der Waals surface area contributed by atoms with E-state index in [2.05, 4.69) is 11.4 Å². The highest BCUT2D eigenvalue weighted by Gasteiger charge is 2.08. The average Bonchev–Trinajstić information content (AvgIpc) is 2.49. The lowest BCUT2D eigenvalue weighted by Gasteiger charge is -2.12. The van der Waals surface area contributed by atoms with Crippen LogP contribution in [0.4, 0.5) is 5.69 Å². The number of nitrogens with one attached hydrogen (secondary N) is 1. The molecule has 0 heterocycles. The van der Waals surface area contributed by atoms with Gasteiger partial charge in [-0.3, -0.25) is 4.79 Å². The minimum absolute atomic E-state index is 0.00717. The summed E-state index contributed by atoms with van der Waals surface area (Å²) in [5, 5.41) is 2.86. The van der Waals surface area contributed by atoms with Gasteiger partial charge in [0, 0.05) is 10.6 Å². The lowest BCUT2D eigenvalue weighted by Crippen LogP contribution is -2.20. The van der Waals surface area contributed by atoms with Gasteiger partial charge in [0.25, 0.3) is 5.91 Å². The van der Waals surface area contributed by atoms with Crippen LogP contribution in [0, 0.1) is 20.8 Å². The van der Waals surface area contributed by atoms with E-state index in [9.17, 15) is 4.79 Å². The lowest BCUT2D eigenvalue weighted by molar-refractivity contribution is -0.118. The number of hydrogen-bond donors (Lipinski definition) is 1. The minimum atomic E-state index is -0.156.